The first-order chi connectivity index (χ1) is 13.1. The fourth-order valence-electron chi connectivity index (χ4n) is 3.02. The molecule has 0 spiro atoms. The van der Waals surface area contributed by atoms with Crippen LogP contribution in [0.15, 0.2) is 18.2 Å². The summed E-state index contributed by atoms with van der Waals surface area (Å²) in [5.74, 6) is -2.17. The molecular weight excluding hydrogens is 375 g/mol. The van der Waals surface area contributed by atoms with Crippen LogP contribution in [0.25, 0.3) is 11.0 Å². The molecule has 9 heteroatoms. The fraction of sp³-hybridized carbons (Fsp3) is 0.526. The second-order valence-corrected chi connectivity index (χ2v) is 6.91. The van der Waals surface area contributed by atoms with Crippen molar-refractivity contribution in [3.63, 3.8) is 0 Å². The summed E-state index contributed by atoms with van der Waals surface area (Å²) in [6.45, 7) is 3.71. The molecule has 1 amide bonds. The van der Waals surface area contributed by atoms with E-state index < -0.39 is 24.0 Å². The lowest BCUT2D eigenvalue weighted by Crippen LogP contribution is -2.24. The lowest BCUT2D eigenvalue weighted by Gasteiger charge is -2.14. The van der Waals surface area contributed by atoms with E-state index in [0.29, 0.717) is 24.9 Å². The van der Waals surface area contributed by atoms with Gasteiger partial charge in [-0.25, -0.2) is 4.98 Å². The minimum absolute atomic E-state index is 0.127. The van der Waals surface area contributed by atoms with Gasteiger partial charge in [0, 0.05) is 24.6 Å². The van der Waals surface area contributed by atoms with Crippen LogP contribution in [0.5, 0.6) is 0 Å². The lowest BCUT2D eigenvalue weighted by atomic mass is 10.1. The average molecular weight is 399 g/mol. The van der Waals surface area contributed by atoms with E-state index in [1.54, 1.807) is 13.8 Å². The highest BCUT2D eigenvalue weighted by molar-refractivity contribution is 5.97. The minimum atomic E-state index is -4.58. The number of fused-ring (bicyclic) bond motifs is 1. The number of carbonyl (C=O) groups is 2. The number of rotatable bonds is 9. The topological polar surface area (TPSA) is 84.2 Å². The zero-order chi connectivity index (χ0) is 20.9. The number of alkyl halides is 3. The molecule has 154 valence electrons. The van der Waals surface area contributed by atoms with Gasteiger partial charge in [-0.3, -0.25) is 9.59 Å². The van der Waals surface area contributed by atoms with E-state index in [9.17, 15) is 22.8 Å². The van der Waals surface area contributed by atoms with Crippen molar-refractivity contribution in [3.8, 4) is 0 Å². The number of aliphatic carboxylic acids is 1. The third kappa shape index (κ3) is 5.46. The van der Waals surface area contributed by atoms with Crippen LogP contribution in [0.4, 0.5) is 13.2 Å². The number of carboxylic acid groups (broad SMARTS) is 1. The van der Waals surface area contributed by atoms with E-state index in [4.69, 9.17) is 5.11 Å². The molecule has 1 aromatic heterocycles. The average Bonchev–Trinajstić information content (AvgIpc) is 2.99. The molecule has 0 radical (unpaired) electrons. The SMILES string of the molecule is CC(C)n1c(C(F)(F)F)nc2cc(C(=O)NCCCCCCC(=O)O)ccc21. The van der Waals surface area contributed by atoms with Crippen LogP contribution in [0.1, 0.15) is 68.2 Å². The Kier molecular flexibility index (Phi) is 7.04. The zero-order valence-electron chi connectivity index (χ0n) is 15.8. The summed E-state index contributed by atoms with van der Waals surface area (Å²) in [4.78, 5) is 26.4. The van der Waals surface area contributed by atoms with E-state index in [1.165, 1.54) is 18.2 Å². The van der Waals surface area contributed by atoms with E-state index >= 15 is 0 Å². The zero-order valence-corrected chi connectivity index (χ0v) is 15.8. The predicted molar refractivity (Wildman–Crippen MR) is 98.2 cm³/mol. The smallest absolute Gasteiger partial charge is 0.449 e. The van der Waals surface area contributed by atoms with Crippen LogP contribution in [-0.2, 0) is 11.0 Å². The maximum atomic E-state index is 13.2. The van der Waals surface area contributed by atoms with Crippen molar-refractivity contribution >= 4 is 22.9 Å². The summed E-state index contributed by atoms with van der Waals surface area (Å²) < 4.78 is 40.9. The van der Waals surface area contributed by atoms with Crippen molar-refractivity contribution in [3.05, 3.63) is 29.6 Å². The lowest BCUT2D eigenvalue weighted by molar-refractivity contribution is -0.147. The molecule has 2 rings (SSSR count). The van der Waals surface area contributed by atoms with Gasteiger partial charge in [-0.1, -0.05) is 12.8 Å². The molecule has 2 aromatic rings. The molecule has 0 saturated heterocycles. The Labute approximate surface area is 160 Å². The van der Waals surface area contributed by atoms with Gasteiger partial charge in [-0.2, -0.15) is 13.2 Å². The van der Waals surface area contributed by atoms with Gasteiger partial charge >= 0.3 is 12.1 Å². The molecule has 0 aliphatic heterocycles. The molecule has 0 aliphatic carbocycles. The van der Waals surface area contributed by atoms with Gasteiger partial charge in [-0.05, 0) is 44.9 Å². The summed E-state index contributed by atoms with van der Waals surface area (Å²) in [5.41, 5.74) is 0.708. The van der Waals surface area contributed by atoms with Gasteiger partial charge in [0.25, 0.3) is 5.91 Å². The number of halogens is 3. The van der Waals surface area contributed by atoms with Crippen molar-refractivity contribution in [2.75, 3.05) is 6.54 Å². The van der Waals surface area contributed by atoms with Crippen LogP contribution in [0.3, 0.4) is 0 Å². The fourth-order valence-corrected chi connectivity index (χ4v) is 3.02. The number of carboxylic acids is 1. The van der Waals surface area contributed by atoms with Crippen molar-refractivity contribution in [1.29, 1.82) is 0 Å². The Morgan fingerprint density at radius 1 is 1.18 bits per heavy atom. The van der Waals surface area contributed by atoms with Gasteiger partial charge < -0.3 is 15.0 Å². The van der Waals surface area contributed by atoms with E-state index in [1.807, 2.05) is 0 Å². The number of nitrogens with one attached hydrogen (secondary N) is 1. The van der Waals surface area contributed by atoms with Crippen LogP contribution in [-0.4, -0.2) is 33.1 Å². The highest BCUT2D eigenvalue weighted by Gasteiger charge is 2.38. The van der Waals surface area contributed by atoms with Crippen molar-refractivity contribution < 1.29 is 27.9 Å². The van der Waals surface area contributed by atoms with Gasteiger partial charge in [0.05, 0.1) is 11.0 Å². The second kappa shape index (κ2) is 9.07. The van der Waals surface area contributed by atoms with E-state index in [0.717, 1.165) is 17.4 Å². The predicted octanol–water partition coefficient (Wildman–Crippen LogP) is 4.40. The molecule has 1 heterocycles. The maximum Gasteiger partial charge on any atom is 0.449 e. The normalized spacial score (nSPS) is 11.9. The number of aromatic nitrogens is 2. The molecule has 28 heavy (non-hydrogen) atoms. The third-order valence-electron chi connectivity index (χ3n) is 4.32. The van der Waals surface area contributed by atoms with Crippen molar-refractivity contribution in [2.45, 2.75) is 58.2 Å². The standard InChI is InChI=1S/C19H24F3N3O3/c1-12(2)25-15-9-8-13(11-14(15)24-18(25)19(20,21)22)17(28)23-10-6-4-3-5-7-16(26)27/h8-9,11-12H,3-7,10H2,1-2H3,(H,23,28)(H,26,27). The van der Waals surface area contributed by atoms with Crippen LogP contribution >= 0.6 is 0 Å². The first kappa shape index (κ1) is 21.7. The number of benzene rings is 1. The number of hydrogen-bond donors (Lipinski definition) is 2. The monoisotopic (exact) mass is 399 g/mol. The third-order valence-corrected chi connectivity index (χ3v) is 4.32. The first-order valence-electron chi connectivity index (χ1n) is 9.20. The van der Waals surface area contributed by atoms with Crippen molar-refractivity contribution in [1.82, 2.24) is 14.9 Å². The maximum absolute atomic E-state index is 13.2. The molecule has 6 nitrogen and oxygen atoms in total. The van der Waals surface area contributed by atoms with Gasteiger partial charge in [-0.15, -0.1) is 0 Å². The van der Waals surface area contributed by atoms with Crippen LogP contribution < -0.4 is 5.32 Å². The Bertz CT molecular complexity index is 844. The van der Waals surface area contributed by atoms with E-state index in [-0.39, 0.29) is 23.4 Å². The van der Waals surface area contributed by atoms with Gasteiger partial charge in [0.2, 0.25) is 5.82 Å². The molecule has 0 fully saturated rings. The van der Waals surface area contributed by atoms with E-state index in [2.05, 4.69) is 10.3 Å². The molecule has 0 saturated carbocycles. The summed E-state index contributed by atoms with van der Waals surface area (Å²) in [6.07, 6.45) is -1.59. The molecular formula is C19H24F3N3O3. The summed E-state index contributed by atoms with van der Waals surface area (Å²) >= 11 is 0. The molecule has 0 atom stereocenters. The quantitative estimate of drug-likeness (QED) is 0.612. The summed E-state index contributed by atoms with van der Waals surface area (Å²) in [7, 11) is 0. The number of carbonyl (C=O) groups excluding carboxylic acids is 1. The number of unbranched alkanes of at least 4 members (excludes halogenated alkanes) is 3. The van der Waals surface area contributed by atoms with Gasteiger partial charge in [0.15, 0.2) is 0 Å². The highest BCUT2D eigenvalue weighted by atomic mass is 19.4. The number of amides is 1. The Hall–Kier alpha value is -2.58. The first-order valence-corrected chi connectivity index (χ1v) is 9.20. The second-order valence-electron chi connectivity index (χ2n) is 6.91. The molecule has 0 unspecified atom stereocenters. The van der Waals surface area contributed by atoms with Gasteiger partial charge in [0.1, 0.15) is 0 Å². The van der Waals surface area contributed by atoms with Crippen molar-refractivity contribution in [2.24, 2.45) is 0 Å². The summed E-state index contributed by atoms with van der Waals surface area (Å²) in [6, 6.07) is 3.91. The van der Waals surface area contributed by atoms with Crippen LogP contribution in [0.2, 0.25) is 0 Å². The number of hydrogen-bond acceptors (Lipinski definition) is 3. The molecule has 0 bridgehead atoms. The Morgan fingerprint density at radius 3 is 2.46 bits per heavy atom. The minimum Gasteiger partial charge on any atom is -0.481 e. The van der Waals surface area contributed by atoms with Crippen LogP contribution in [0, 0.1) is 0 Å². The number of nitrogens with zero attached hydrogens (tertiary/aromatic N) is 2. The highest BCUT2D eigenvalue weighted by Crippen LogP contribution is 2.33. The Balaban J connectivity index is 2.02. The Morgan fingerprint density at radius 2 is 1.86 bits per heavy atom. The number of imidazole rings is 1. The summed E-state index contributed by atoms with van der Waals surface area (Å²) in [5, 5.41) is 11.3. The molecule has 1 aromatic carbocycles. The largest absolute Gasteiger partial charge is 0.481 e. The molecule has 0 aliphatic rings. The molecule has 2 N–H and O–H groups in total.